The van der Waals surface area contributed by atoms with Crippen LogP contribution < -0.4 is 9.64 Å². The Morgan fingerprint density at radius 3 is 2.56 bits per heavy atom. The molecule has 1 saturated heterocycles. The van der Waals surface area contributed by atoms with Crippen LogP contribution in [0, 0.1) is 5.82 Å². The molecule has 5 heteroatoms. The Balaban J connectivity index is 1.44. The van der Waals surface area contributed by atoms with Gasteiger partial charge in [-0.15, -0.1) is 0 Å². The largest absolute Gasteiger partial charge is 0.494 e. The second-order valence-electron chi connectivity index (χ2n) is 6.75. The van der Waals surface area contributed by atoms with E-state index in [1.165, 1.54) is 17.7 Å². The summed E-state index contributed by atoms with van der Waals surface area (Å²) in [6.45, 7) is 3.41. The summed E-state index contributed by atoms with van der Waals surface area (Å²) in [4.78, 5) is 4.60. The lowest BCUT2D eigenvalue weighted by Crippen LogP contribution is -2.51. The van der Waals surface area contributed by atoms with Crippen molar-refractivity contribution in [1.29, 1.82) is 0 Å². The molecular weight excluding hydrogens is 319 g/mol. The molecule has 0 spiro atoms. The van der Waals surface area contributed by atoms with Gasteiger partial charge in [-0.2, -0.15) is 0 Å². The minimum Gasteiger partial charge on any atom is -0.494 e. The molecular formula is C20H23FN2O2. The van der Waals surface area contributed by atoms with Crippen LogP contribution in [0.15, 0.2) is 42.5 Å². The fourth-order valence-electron chi connectivity index (χ4n) is 4.09. The fourth-order valence-corrected chi connectivity index (χ4v) is 4.09. The first kappa shape index (κ1) is 16.4. The maximum absolute atomic E-state index is 13.4. The molecule has 1 aliphatic heterocycles. The van der Waals surface area contributed by atoms with E-state index in [9.17, 15) is 9.50 Å². The van der Waals surface area contributed by atoms with Gasteiger partial charge in [0.2, 0.25) is 0 Å². The zero-order chi connectivity index (χ0) is 17.4. The van der Waals surface area contributed by atoms with Gasteiger partial charge in [0.15, 0.2) is 0 Å². The summed E-state index contributed by atoms with van der Waals surface area (Å²) in [5, 5.41) is 10.7. The van der Waals surface area contributed by atoms with Gasteiger partial charge >= 0.3 is 0 Å². The topological polar surface area (TPSA) is 35.9 Å². The summed E-state index contributed by atoms with van der Waals surface area (Å²) in [7, 11) is 1.57. The number of rotatable bonds is 3. The van der Waals surface area contributed by atoms with E-state index >= 15 is 0 Å². The van der Waals surface area contributed by atoms with Crippen molar-refractivity contribution in [1.82, 2.24) is 4.90 Å². The predicted octanol–water partition coefficient (Wildman–Crippen LogP) is 2.61. The van der Waals surface area contributed by atoms with Crippen LogP contribution >= 0.6 is 0 Å². The Hall–Kier alpha value is -2.11. The van der Waals surface area contributed by atoms with Crippen molar-refractivity contribution in [2.24, 2.45) is 0 Å². The third kappa shape index (κ3) is 2.98. The van der Waals surface area contributed by atoms with Gasteiger partial charge in [0.25, 0.3) is 0 Å². The quantitative estimate of drug-likeness (QED) is 0.930. The highest BCUT2D eigenvalue weighted by molar-refractivity contribution is 5.59. The number of hydrogen-bond acceptors (Lipinski definition) is 4. The van der Waals surface area contributed by atoms with Crippen molar-refractivity contribution >= 4 is 5.69 Å². The van der Waals surface area contributed by atoms with E-state index in [0.29, 0.717) is 5.75 Å². The molecule has 0 bridgehead atoms. The molecule has 1 aliphatic carbocycles. The van der Waals surface area contributed by atoms with Gasteiger partial charge in [0.05, 0.1) is 18.9 Å². The van der Waals surface area contributed by atoms with Crippen LogP contribution in [0.4, 0.5) is 10.1 Å². The van der Waals surface area contributed by atoms with Gasteiger partial charge in [-0.3, -0.25) is 4.90 Å². The summed E-state index contributed by atoms with van der Waals surface area (Å²) in [5.74, 6) is 0.285. The molecule has 1 heterocycles. The van der Waals surface area contributed by atoms with Gasteiger partial charge in [-0.05, 0) is 29.7 Å². The van der Waals surface area contributed by atoms with Crippen LogP contribution in [-0.2, 0) is 6.42 Å². The normalized spacial score (nSPS) is 23.6. The van der Waals surface area contributed by atoms with E-state index < -0.39 is 6.10 Å². The number of nitrogens with zero attached hydrogens (tertiary/aromatic N) is 2. The lowest BCUT2D eigenvalue weighted by molar-refractivity contribution is 0.0571. The smallest absolute Gasteiger partial charge is 0.145 e. The van der Waals surface area contributed by atoms with Gasteiger partial charge in [-0.25, -0.2) is 4.39 Å². The molecule has 1 N–H and O–H groups in total. The molecule has 2 aromatic carbocycles. The molecule has 4 rings (SSSR count). The summed E-state index contributed by atoms with van der Waals surface area (Å²) in [5.41, 5.74) is 3.25. The maximum atomic E-state index is 13.4. The second-order valence-corrected chi connectivity index (χ2v) is 6.75. The lowest BCUT2D eigenvalue weighted by atomic mass is 10.1. The molecule has 2 atom stereocenters. The highest BCUT2D eigenvalue weighted by atomic mass is 19.1. The van der Waals surface area contributed by atoms with Crippen molar-refractivity contribution in [3.05, 3.63) is 59.4 Å². The molecule has 2 aromatic rings. The minimum absolute atomic E-state index is 0.148. The summed E-state index contributed by atoms with van der Waals surface area (Å²) < 4.78 is 18.7. The molecule has 0 aromatic heterocycles. The number of anilines is 1. The number of aliphatic hydroxyl groups excluding tert-OH is 1. The summed E-state index contributed by atoms with van der Waals surface area (Å²) >= 11 is 0. The van der Waals surface area contributed by atoms with Gasteiger partial charge < -0.3 is 14.7 Å². The number of benzene rings is 2. The standard InChI is InChI=1S/C20H23FN2O2/c1-25-19-13-15(21)6-7-17(19)22-8-10-23(11-9-22)18-12-14-4-2-3-5-16(14)20(18)24/h2-7,13,18,20,24H,8-12H2,1H3. The summed E-state index contributed by atoms with van der Waals surface area (Å²) in [6, 6.07) is 13.0. The third-order valence-electron chi connectivity index (χ3n) is 5.43. The van der Waals surface area contributed by atoms with Crippen LogP contribution in [0.2, 0.25) is 0 Å². The van der Waals surface area contributed by atoms with E-state index in [4.69, 9.17) is 4.74 Å². The molecule has 1 fully saturated rings. The van der Waals surface area contributed by atoms with Crippen LogP contribution in [0.3, 0.4) is 0 Å². The highest BCUT2D eigenvalue weighted by Crippen LogP contribution is 2.36. The summed E-state index contributed by atoms with van der Waals surface area (Å²) in [6.07, 6.45) is 0.486. The van der Waals surface area contributed by atoms with Crippen molar-refractivity contribution in [3.8, 4) is 5.75 Å². The monoisotopic (exact) mass is 342 g/mol. The Labute approximate surface area is 147 Å². The molecule has 132 valence electrons. The first-order valence-corrected chi connectivity index (χ1v) is 8.76. The van der Waals surface area contributed by atoms with Crippen LogP contribution in [0.1, 0.15) is 17.2 Å². The minimum atomic E-state index is -0.414. The lowest BCUT2D eigenvalue weighted by Gasteiger charge is -2.40. The number of hydrogen-bond donors (Lipinski definition) is 1. The second kappa shape index (κ2) is 6.65. The zero-order valence-electron chi connectivity index (χ0n) is 14.4. The Morgan fingerprint density at radius 2 is 1.84 bits per heavy atom. The number of aliphatic hydroxyl groups is 1. The fraction of sp³-hybridized carbons (Fsp3) is 0.400. The maximum Gasteiger partial charge on any atom is 0.145 e. The number of fused-ring (bicyclic) bond motifs is 1. The first-order chi connectivity index (χ1) is 12.2. The van der Waals surface area contributed by atoms with E-state index in [-0.39, 0.29) is 11.9 Å². The Kier molecular flexibility index (Phi) is 4.36. The third-order valence-corrected chi connectivity index (χ3v) is 5.43. The van der Waals surface area contributed by atoms with Crippen LogP contribution in [0.25, 0.3) is 0 Å². The number of ether oxygens (including phenoxy) is 1. The number of methoxy groups -OCH3 is 1. The van der Waals surface area contributed by atoms with Crippen molar-refractivity contribution < 1.29 is 14.2 Å². The molecule has 0 saturated carbocycles. The van der Waals surface area contributed by atoms with E-state index in [1.54, 1.807) is 13.2 Å². The highest BCUT2D eigenvalue weighted by Gasteiger charge is 2.36. The van der Waals surface area contributed by atoms with E-state index in [0.717, 1.165) is 43.9 Å². The van der Waals surface area contributed by atoms with E-state index in [2.05, 4.69) is 15.9 Å². The average molecular weight is 342 g/mol. The number of halogens is 1. The van der Waals surface area contributed by atoms with Crippen molar-refractivity contribution in [3.63, 3.8) is 0 Å². The van der Waals surface area contributed by atoms with Crippen molar-refractivity contribution in [2.45, 2.75) is 18.6 Å². The van der Waals surface area contributed by atoms with Crippen molar-refractivity contribution in [2.75, 3.05) is 38.2 Å². The predicted molar refractivity (Wildman–Crippen MR) is 95.6 cm³/mol. The molecule has 25 heavy (non-hydrogen) atoms. The van der Waals surface area contributed by atoms with Crippen LogP contribution in [0.5, 0.6) is 5.75 Å². The molecule has 0 radical (unpaired) electrons. The number of piperazine rings is 1. The first-order valence-electron chi connectivity index (χ1n) is 8.76. The van der Waals surface area contributed by atoms with Gasteiger partial charge in [0.1, 0.15) is 11.6 Å². The molecule has 4 nitrogen and oxygen atoms in total. The van der Waals surface area contributed by atoms with E-state index in [1.807, 2.05) is 18.2 Å². The van der Waals surface area contributed by atoms with Gasteiger partial charge in [-0.1, -0.05) is 24.3 Å². The van der Waals surface area contributed by atoms with Crippen LogP contribution in [-0.4, -0.2) is 49.3 Å². The SMILES string of the molecule is COc1cc(F)ccc1N1CCN(C2Cc3ccccc3C2O)CC1. The molecule has 2 aliphatic rings. The van der Waals surface area contributed by atoms with Gasteiger partial charge in [0, 0.05) is 38.3 Å². The molecule has 0 amide bonds. The molecule has 2 unspecified atom stereocenters. The Bertz CT molecular complexity index is 759. The average Bonchev–Trinajstić information content (AvgIpc) is 2.99. The Morgan fingerprint density at radius 1 is 1.08 bits per heavy atom. The zero-order valence-corrected chi connectivity index (χ0v) is 14.4.